The minimum absolute atomic E-state index is 0.0760. The molecular weight excluding hydrogens is 308 g/mol. The Morgan fingerprint density at radius 2 is 1.68 bits per heavy atom. The van der Waals surface area contributed by atoms with Gasteiger partial charge in [0.1, 0.15) is 6.04 Å². The fourth-order valence-corrected chi connectivity index (χ4v) is 3.61. The predicted octanol–water partition coefficient (Wildman–Crippen LogP) is 4.63. The number of aromatic nitrogens is 2. The lowest BCUT2D eigenvalue weighted by molar-refractivity contribution is -0.120. The molecule has 0 bridgehead atoms. The molecule has 3 aromatic rings. The molecule has 1 saturated carbocycles. The first kappa shape index (κ1) is 15.8. The average Bonchev–Trinajstić information content (AvgIpc) is 3.27. The van der Waals surface area contributed by atoms with Crippen LogP contribution in [0.3, 0.4) is 0 Å². The van der Waals surface area contributed by atoms with E-state index in [9.17, 15) is 4.79 Å². The van der Waals surface area contributed by atoms with E-state index in [1.54, 1.807) is 0 Å². The van der Waals surface area contributed by atoms with Gasteiger partial charge in [-0.05, 0) is 36.8 Å². The minimum atomic E-state index is -0.0760. The SMILES string of the molecule is O=C1CCCC1n1cc(CCc2ccccc2)c(-c2ccccc2)n1. The standard InChI is InChI=1S/C22H22N2O/c25-21-13-7-12-20(21)24-16-19(15-14-17-8-3-1-4-9-17)22(23-24)18-10-5-2-6-11-18/h1-6,8-11,16,20H,7,12-15H2. The van der Waals surface area contributed by atoms with Crippen molar-refractivity contribution in [2.75, 3.05) is 0 Å². The van der Waals surface area contributed by atoms with Gasteiger partial charge in [-0.2, -0.15) is 5.10 Å². The number of aryl methyl sites for hydroxylation is 2. The van der Waals surface area contributed by atoms with Crippen LogP contribution in [0.4, 0.5) is 0 Å². The highest BCUT2D eigenvalue weighted by Gasteiger charge is 2.27. The maximum absolute atomic E-state index is 12.2. The van der Waals surface area contributed by atoms with Gasteiger partial charge >= 0.3 is 0 Å². The lowest BCUT2D eigenvalue weighted by Gasteiger charge is -2.07. The number of Topliss-reactive ketones (excluding diaryl/α,β-unsaturated/α-hetero) is 1. The quantitative estimate of drug-likeness (QED) is 0.683. The van der Waals surface area contributed by atoms with Crippen LogP contribution in [0.2, 0.25) is 0 Å². The second-order valence-electron chi connectivity index (χ2n) is 6.71. The van der Waals surface area contributed by atoms with Gasteiger partial charge in [-0.25, -0.2) is 0 Å². The number of carbonyl (C=O) groups excluding carboxylic acids is 1. The Morgan fingerprint density at radius 1 is 0.960 bits per heavy atom. The third-order valence-corrected chi connectivity index (χ3v) is 4.97. The number of rotatable bonds is 5. The van der Waals surface area contributed by atoms with Crippen LogP contribution in [-0.2, 0) is 17.6 Å². The molecule has 1 aromatic heterocycles. The van der Waals surface area contributed by atoms with Crippen molar-refractivity contribution in [2.45, 2.75) is 38.1 Å². The topological polar surface area (TPSA) is 34.9 Å². The van der Waals surface area contributed by atoms with E-state index in [0.717, 1.165) is 36.9 Å². The first-order valence-electron chi connectivity index (χ1n) is 9.01. The summed E-state index contributed by atoms with van der Waals surface area (Å²) in [5.41, 5.74) is 4.67. The zero-order chi connectivity index (χ0) is 17.1. The van der Waals surface area contributed by atoms with E-state index in [1.165, 1.54) is 11.1 Å². The maximum atomic E-state index is 12.2. The first-order valence-corrected chi connectivity index (χ1v) is 9.01. The molecule has 1 unspecified atom stereocenters. The van der Waals surface area contributed by atoms with Crippen molar-refractivity contribution in [3.63, 3.8) is 0 Å². The van der Waals surface area contributed by atoms with Crippen LogP contribution < -0.4 is 0 Å². The van der Waals surface area contributed by atoms with E-state index in [2.05, 4.69) is 42.6 Å². The van der Waals surface area contributed by atoms with Gasteiger partial charge in [0.2, 0.25) is 0 Å². The van der Waals surface area contributed by atoms with Crippen molar-refractivity contribution in [1.82, 2.24) is 9.78 Å². The predicted molar refractivity (Wildman–Crippen MR) is 99.4 cm³/mol. The number of ketones is 1. The molecule has 0 radical (unpaired) electrons. The zero-order valence-electron chi connectivity index (χ0n) is 14.3. The summed E-state index contributed by atoms with van der Waals surface area (Å²) in [5.74, 6) is 0.316. The van der Waals surface area contributed by atoms with Crippen molar-refractivity contribution < 1.29 is 4.79 Å². The molecule has 1 heterocycles. The molecule has 0 N–H and O–H groups in total. The Kier molecular flexibility index (Phi) is 4.47. The van der Waals surface area contributed by atoms with Crippen LogP contribution in [0.25, 0.3) is 11.3 Å². The van der Waals surface area contributed by atoms with Crippen molar-refractivity contribution in [3.8, 4) is 11.3 Å². The van der Waals surface area contributed by atoms with Crippen LogP contribution >= 0.6 is 0 Å². The molecule has 1 atom stereocenters. The molecule has 1 fully saturated rings. The van der Waals surface area contributed by atoms with Gasteiger partial charge < -0.3 is 0 Å². The molecule has 0 spiro atoms. The van der Waals surface area contributed by atoms with Crippen LogP contribution in [0.15, 0.2) is 66.9 Å². The van der Waals surface area contributed by atoms with Gasteiger partial charge in [-0.3, -0.25) is 9.48 Å². The number of hydrogen-bond acceptors (Lipinski definition) is 2. The van der Waals surface area contributed by atoms with Crippen LogP contribution in [-0.4, -0.2) is 15.6 Å². The monoisotopic (exact) mass is 330 g/mol. The molecule has 0 saturated heterocycles. The molecule has 25 heavy (non-hydrogen) atoms. The molecule has 126 valence electrons. The molecule has 2 aromatic carbocycles. The van der Waals surface area contributed by atoms with E-state index in [4.69, 9.17) is 5.10 Å². The molecule has 0 amide bonds. The summed E-state index contributed by atoms with van der Waals surface area (Å²) in [6, 6.07) is 20.7. The Balaban J connectivity index is 1.65. The molecule has 0 aliphatic heterocycles. The molecule has 1 aliphatic carbocycles. The highest BCUT2D eigenvalue weighted by Crippen LogP contribution is 2.30. The van der Waals surface area contributed by atoms with Gasteiger partial charge in [0.25, 0.3) is 0 Å². The normalized spacial score (nSPS) is 17.1. The van der Waals surface area contributed by atoms with Crippen LogP contribution in [0.5, 0.6) is 0 Å². The van der Waals surface area contributed by atoms with Crippen LogP contribution in [0.1, 0.15) is 36.4 Å². The van der Waals surface area contributed by atoms with Crippen molar-refractivity contribution >= 4 is 5.78 Å². The first-order chi connectivity index (χ1) is 12.3. The summed E-state index contributed by atoms with van der Waals surface area (Å²) in [6.45, 7) is 0. The second-order valence-corrected chi connectivity index (χ2v) is 6.71. The van der Waals surface area contributed by atoms with E-state index in [0.29, 0.717) is 12.2 Å². The van der Waals surface area contributed by atoms with Crippen molar-refractivity contribution in [3.05, 3.63) is 78.0 Å². The molecular formula is C22H22N2O. The largest absolute Gasteiger partial charge is 0.297 e. The third-order valence-electron chi connectivity index (χ3n) is 4.97. The fourth-order valence-electron chi connectivity index (χ4n) is 3.61. The Hall–Kier alpha value is -2.68. The highest BCUT2D eigenvalue weighted by atomic mass is 16.1. The number of benzene rings is 2. The van der Waals surface area contributed by atoms with E-state index in [1.807, 2.05) is 28.9 Å². The number of hydrogen-bond donors (Lipinski definition) is 0. The lowest BCUT2D eigenvalue weighted by Crippen LogP contribution is -2.13. The van der Waals surface area contributed by atoms with Gasteiger partial charge in [0.05, 0.1) is 5.69 Å². The second kappa shape index (κ2) is 7.06. The summed E-state index contributed by atoms with van der Waals surface area (Å²) in [4.78, 5) is 12.2. The molecule has 3 nitrogen and oxygen atoms in total. The summed E-state index contributed by atoms with van der Waals surface area (Å²) in [6.07, 6.45) is 6.57. The van der Waals surface area contributed by atoms with E-state index < -0.39 is 0 Å². The number of carbonyl (C=O) groups is 1. The Bertz CT molecular complexity index is 852. The third kappa shape index (κ3) is 3.41. The summed E-state index contributed by atoms with van der Waals surface area (Å²) in [5, 5.41) is 4.82. The maximum Gasteiger partial charge on any atom is 0.157 e. The van der Waals surface area contributed by atoms with E-state index >= 15 is 0 Å². The molecule has 4 rings (SSSR count). The minimum Gasteiger partial charge on any atom is -0.297 e. The highest BCUT2D eigenvalue weighted by molar-refractivity contribution is 5.84. The fraction of sp³-hybridized carbons (Fsp3) is 0.273. The van der Waals surface area contributed by atoms with Gasteiger partial charge in [-0.15, -0.1) is 0 Å². The Morgan fingerprint density at radius 3 is 2.36 bits per heavy atom. The summed E-state index contributed by atoms with van der Waals surface area (Å²) < 4.78 is 1.91. The van der Waals surface area contributed by atoms with Crippen LogP contribution in [0, 0.1) is 0 Å². The van der Waals surface area contributed by atoms with Gasteiger partial charge in [0, 0.05) is 18.2 Å². The van der Waals surface area contributed by atoms with Crippen molar-refractivity contribution in [2.24, 2.45) is 0 Å². The van der Waals surface area contributed by atoms with Gasteiger partial charge in [0.15, 0.2) is 5.78 Å². The molecule has 3 heteroatoms. The van der Waals surface area contributed by atoms with E-state index in [-0.39, 0.29) is 6.04 Å². The van der Waals surface area contributed by atoms with Gasteiger partial charge in [-0.1, -0.05) is 60.7 Å². The summed E-state index contributed by atoms with van der Waals surface area (Å²) >= 11 is 0. The lowest BCUT2D eigenvalue weighted by atomic mass is 10.0. The average molecular weight is 330 g/mol. The zero-order valence-corrected chi connectivity index (χ0v) is 14.3. The smallest absolute Gasteiger partial charge is 0.157 e. The summed E-state index contributed by atoms with van der Waals surface area (Å²) in [7, 11) is 0. The molecule has 1 aliphatic rings. The van der Waals surface area contributed by atoms with Crippen molar-refractivity contribution in [1.29, 1.82) is 0 Å². The Labute approximate surface area is 148 Å². The number of nitrogens with zero attached hydrogens (tertiary/aromatic N) is 2.